The number of amides is 1. The van der Waals surface area contributed by atoms with E-state index >= 15 is 0 Å². The molecule has 0 bridgehead atoms. The summed E-state index contributed by atoms with van der Waals surface area (Å²) < 4.78 is 0. The van der Waals surface area contributed by atoms with Crippen LogP contribution in [-0.2, 0) is 4.79 Å². The van der Waals surface area contributed by atoms with Gasteiger partial charge in [-0.3, -0.25) is 4.79 Å². The Kier molecular flexibility index (Phi) is 4.37. The van der Waals surface area contributed by atoms with Gasteiger partial charge in [0.05, 0.1) is 0 Å². The monoisotopic (exact) mass is 271 g/mol. The number of hydrogen-bond acceptors (Lipinski definition) is 1. The molecule has 0 saturated heterocycles. The predicted octanol–water partition coefficient (Wildman–Crippen LogP) is 4.30. The Morgan fingerprint density at radius 1 is 1.16 bits per heavy atom. The fourth-order valence-electron chi connectivity index (χ4n) is 1.68. The van der Waals surface area contributed by atoms with E-state index in [4.69, 9.17) is 11.6 Å². The van der Waals surface area contributed by atoms with Gasteiger partial charge in [0.1, 0.15) is 0 Å². The van der Waals surface area contributed by atoms with Crippen molar-refractivity contribution in [2.75, 3.05) is 5.32 Å². The lowest BCUT2D eigenvalue weighted by atomic mass is 10.2. The fraction of sp³-hybridized carbons (Fsp3) is 0.0625. The Bertz CT molecular complexity index is 605. The van der Waals surface area contributed by atoms with Crippen molar-refractivity contribution in [2.45, 2.75) is 6.92 Å². The summed E-state index contributed by atoms with van der Waals surface area (Å²) in [7, 11) is 0. The number of aryl methyl sites for hydroxylation is 1. The molecule has 0 aliphatic rings. The zero-order valence-corrected chi connectivity index (χ0v) is 11.3. The van der Waals surface area contributed by atoms with E-state index in [-0.39, 0.29) is 5.91 Å². The van der Waals surface area contributed by atoms with Gasteiger partial charge in [-0.15, -0.1) is 0 Å². The molecule has 1 amide bonds. The van der Waals surface area contributed by atoms with Crippen molar-refractivity contribution in [3.63, 3.8) is 0 Å². The fourth-order valence-corrected chi connectivity index (χ4v) is 1.90. The zero-order chi connectivity index (χ0) is 13.7. The van der Waals surface area contributed by atoms with Crippen molar-refractivity contribution < 1.29 is 4.79 Å². The Morgan fingerprint density at radius 3 is 2.58 bits per heavy atom. The molecule has 2 aromatic carbocycles. The molecule has 2 rings (SSSR count). The highest BCUT2D eigenvalue weighted by Gasteiger charge is 2.01. The number of benzene rings is 2. The van der Waals surface area contributed by atoms with Crippen LogP contribution in [0.1, 0.15) is 11.1 Å². The van der Waals surface area contributed by atoms with Gasteiger partial charge in [-0.1, -0.05) is 41.9 Å². The van der Waals surface area contributed by atoms with Crippen LogP contribution in [0.5, 0.6) is 0 Å². The Hall–Kier alpha value is -2.06. The normalized spacial score (nSPS) is 10.6. The number of carbonyl (C=O) groups is 1. The number of rotatable bonds is 3. The smallest absolute Gasteiger partial charge is 0.248 e. The Labute approximate surface area is 117 Å². The second-order valence-corrected chi connectivity index (χ2v) is 4.63. The summed E-state index contributed by atoms with van der Waals surface area (Å²) >= 11 is 5.87. The molecular weight excluding hydrogens is 258 g/mol. The van der Waals surface area contributed by atoms with Crippen LogP contribution in [-0.4, -0.2) is 5.91 Å². The van der Waals surface area contributed by atoms with Crippen molar-refractivity contribution in [2.24, 2.45) is 0 Å². The average Bonchev–Trinajstić information content (AvgIpc) is 2.41. The minimum absolute atomic E-state index is 0.158. The third-order valence-corrected chi connectivity index (χ3v) is 2.91. The lowest BCUT2D eigenvalue weighted by Gasteiger charge is -2.06. The summed E-state index contributed by atoms with van der Waals surface area (Å²) in [5, 5.41) is 3.49. The molecule has 0 aromatic heterocycles. The molecule has 0 atom stereocenters. The molecule has 1 N–H and O–H groups in total. The zero-order valence-electron chi connectivity index (χ0n) is 10.6. The van der Waals surface area contributed by atoms with Crippen LogP contribution in [0.15, 0.2) is 54.6 Å². The van der Waals surface area contributed by atoms with E-state index in [2.05, 4.69) is 5.32 Å². The predicted molar refractivity (Wildman–Crippen MR) is 80.3 cm³/mol. The van der Waals surface area contributed by atoms with Gasteiger partial charge in [0.15, 0.2) is 0 Å². The highest BCUT2D eigenvalue weighted by atomic mass is 35.5. The standard InChI is InChI=1S/C16H14ClNO/c1-12-11-14(17)8-9-15(12)18-16(19)10-7-13-5-3-2-4-6-13/h2-11H,1H3,(H,18,19)/b10-7+. The van der Waals surface area contributed by atoms with Crippen LogP contribution in [0.4, 0.5) is 5.69 Å². The van der Waals surface area contributed by atoms with E-state index in [9.17, 15) is 4.79 Å². The van der Waals surface area contributed by atoms with Crippen molar-refractivity contribution in [1.29, 1.82) is 0 Å². The van der Waals surface area contributed by atoms with E-state index in [0.717, 1.165) is 16.8 Å². The molecule has 3 heteroatoms. The number of carbonyl (C=O) groups excluding carboxylic acids is 1. The molecule has 0 saturated carbocycles. The van der Waals surface area contributed by atoms with E-state index in [1.807, 2.05) is 43.3 Å². The second kappa shape index (κ2) is 6.21. The lowest BCUT2D eigenvalue weighted by molar-refractivity contribution is -0.111. The molecule has 0 radical (unpaired) electrons. The van der Waals surface area contributed by atoms with Gasteiger partial charge in [0.25, 0.3) is 0 Å². The van der Waals surface area contributed by atoms with Crippen LogP contribution < -0.4 is 5.32 Å². The highest BCUT2D eigenvalue weighted by Crippen LogP contribution is 2.19. The highest BCUT2D eigenvalue weighted by molar-refractivity contribution is 6.30. The summed E-state index contributed by atoms with van der Waals surface area (Å²) in [6.07, 6.45) is 3.30. The third kappa shape index (κ3) is 3.97. The van der Waals surface area contributed by atoms with Crippen LogP contribution in [0.3, 0.4) is 0 Å². The third-order valence-electron chi connectivity index (χ3n) is 2.67. The quantitative estimate of drug-likeness (QED) is 0.829. The average molecular weight is 272 g/mol. The number of nitrogens with one attached hydrogen (secondary N) is 1. The van der Waals surface area contributed by atoms with Gasteiger partial charge in [0, 0.05) is 16.8 Å². The number of halogens is 1. The van der Waals surface area contributed by atoms with E-state index in [1.165, 1.54) is 6.08 Å². The molecule has 0 spiro atoms. The van der Waals surface area contributed by atoms with Crippen LogP contribution in [0.2, 0.25) is 5.02 Å². The first-order valence-electron chi connectivity index (χ1n) is 5.95. The first-order valence-corrected chi connectivity index (χ1v) is 6.33. The van der Waals surface area contributed by atoms with Gasteiger partial charge in [-0.05, 0) is 42.3 Å². The first-order chi connectivity index (χ1) is 9.15. The molecule has 0 aliphatic carbocycles. The molecule has 96 valence electrons. The number of anilines is 1. The minimum Gasteiger partial charge on any atom is -0.322 e. The van der Waals surface area contributed by atoms with E-state index in [1.54, 1.807) is 18.2 Å². The molecular formula is C16H14ClNO. The van der Waals surface area contributed by atoms with Crippen LogP contribution in [0.25, 0.3) is 6.08 Å². The van der Waals surface area contributed by atoms with Crippen molar-refractivity contribution in [1.82, 2.24) is 0 Å². The topological polar surface area (TPSA) is 29.1 Å². The lowest BCUT2D eigenvalue weighted by Crippen LogP contribution is -2.08. The molecule has 2 nitrogen and oxygen atoms in total. The number of hydrogen-bond donors (Lipinski definition) is 1. The summed E-state index contributed by atoms with van der Waals surface area (Å²) in [4.78, 5) is 11.8. The molecule has 2 aromatic rings. The summed E-state index contributed by atoms with van der Waals surface area (Å²) in [5.41, 5.74) is 2.70. The largest absolute Gasteiger partial charge is 0.322 e. The first kappa shape index (κ1) is 13.4. The SMILES string of the molecule is Cc1cc(Cl)ccc1NC(=O)/C=C/c1ccccc1. The van der Waals surface area contributed by atoms with Crippen molar-refractivity contribution >= 4 is 29.3 Å². The van der Waals surface area contributed by atoms with E-state index in [0.29, 0.717) is 5.02 Å². The van der Waals surface area contributed by atoms with Gasteiger partial charge in [-0.25, -0.2) is 0 Å². The van der Waals surface area contributed by atoms with Crippen LogP contribution in [0, 0.1) is 6.92 Å². The maximum Gasteiger partial charge on any atom is 0.248 e. The molecule has 19 heavy (non-hydrogen) atoms. The Balaban J connectivity index is 2.04. The van der Waals surface area contributed by atoms with Gasteiger partial charge >= 0.3 is 0 Å². The molecule has 0 unspecified atom stereocenters. The van der Waals surface area contributed by atoms with Gasteiger partial charge in [-0.2, -0.15) is 0 Å². The van der Waals surface area contributed by atoms with Crippen LogP contribution >= 0.6 is 11.6 Å². The minimum atomic E-state index is -0.158. The summed E-state index contributed by atoms with van der Waals surface area (Å²) in [5.74, 6) is -0.158. The van der Waals surface area contributed by atoms with Crippen molar-refractivity contribution in [3.05, 3.63) is 70.8 Å². The maximum atomic E-state index is 11.8. The molecule has 0 heterocycles. The van der Waals surface area contributed by atoms with Gasteiger partial charge in [0.2, 0.25) is 5.91 Å². The van der Waals surface area contributed by atoms with E-state index < -0.39 is 0 Å². The summed E-state index contributed by atoms with van der Waals surface area (Å²) in [6, 6.07) is 15.1. The molecule has 0 fully saturated rings. The maximum absolute atomic E-state index is 11.8. The van der Waals surface area contributed by atoms with Gasteiger partial charge < -0.3 is 5.32 Å². The second-order valence-electron chi connectivity index (χ2n) is 4.19. The molecule has 0 aliphatic heterocycles. The summed E-state index contributed by atoms with van der Waals surface area (Å²) in [6.45, 7) is 1.91. The Morgan fingerprint density at radius 2 is 1.89 bits per heavy atom. The van der Waals surface area contributed by atoms with Crippen molar-refractivity contribution in [3.8, 4) is 0 Å².